The first kappa shape index (κ1) is 17.9. The van der Waals surface area contributed by atoms with Gasteiger partial charge in [0.25, 0.3) is 0 Å². The number of alkyl halides is 1. The number of imidazole rings is 1. The first-order valence-electron chi connectivity index (χ1n) is 8.42. The summed E-state index contributed by atoms with van der Waals surface area (Å²) in [6.45, 7) is 1.31. The van der Waals surface area contributed by atoms with Crippen LogP contribution in [0.3, 0.4) is 0 Å². The van der Waals surface area contributed by atoms with Crippen LogP contribution >= 0.6 is 11.6 Å². The molecule has 0 unspecified atom stereocenters. The van der Waals surface area contributed by atoms with Crippen LogP contribution < -0.4 is 5.32 Å². The van der Waals surface area contributed by atoms with Crippen LogP contribution in [0, 0.1) is 18.3 Å². The van der Waals surface area contributed by atoms with Crippen LogP contribution in [0.25, 0.3) is 17.0 Å². The summed E-state index contributed by atoms with van der Waals surface area (Å²) >= 11 is 6.09. The minimum Gasteiger partial charge on any atom is -0.340 e. The van der Waals surface area contributed by atoms with Gasteiger partial charge in [-0.15, -0.1) is 0 Å². The van der Waals surface area contributed by atoms with E-state index in [0.717, 1.165) is 5.69 Å². The molecule has 1 aromatic carbocycles. The lowest BCUT2D eigenvalue weighted by Gasteiger charge is -2.11. The maximum Gasteiger partial charge on any atom is 0.178 e. The molecule has 1 N–H and O–H groups in total. The Kier molecular flexibility index (Phi) is 4.63. The highest BCUT2D eigenvalue weighted by atomic mass is 35.5. The van der Waals surface area contributed by atoms with Gasteiger partial charge in [0.1, 0.15) is 24.1 Å². The van der Waals surface area contributed by atoms with Crippen molar-refractivity contribution < 1.29 is 4.39 Å². The Morgan fingerprint density at radius 2 is 1.96 bits per heavy atom. The Bertz CT molecular complexity index is 1210. The van der Waals surface area contributed by atoms with E-state index in [0.29, 0.717) is 44.8 Å². The number of anilines is 2. The molecule has 0 radical (unpaired) electrons. The second kappa shape index (κ2) is 7.25. The van der Waals surface area contributed by atoms with E-state index in [1.54, 1.807) is 47.0 Å². The summed E-state index contributed by atoms with van der Waals surface area (Å²) < 4.78 is 14.5. The summed E-state index contributed by atoms with van der Waals surface area (Å²) in [4.78, 5) is 13.3. The maximum absolute atomic E-state index is 12.7. The quantitative estimate of drug-likeness (QED) is 0.536. The van der Waals surface area contributed by atoms with E-state index in [9.17, 15) is 9.65 Å². The summed E-state index contributed by atoms with van der Waals surface area (Å²) in [5.41, 5.74) is 3.01. The molecule has 3 heterocycles. The molecule has 4 rings (SSSR count). The molecule has 4 aromatic rings. The molecule has 0 saturated heterocycles. The number of nitrogens with zero attached hydrogens (tertiary/aromatic N) is 5. The van der Waals surface area contributed by atoms with Gasteiger partial charge in [0.05, 0.1) is 22.2 Å². The fourth-order valence-corrected chi connectivity index (χ4v) is 3.08. The molecule has 0 bridgehead atoms. The Hall–Kier alpha value is -3.50. The van der Waals surface area contributed by atoms with Crippen LogP contribution in [-0.4, -0.2) is 19.5 Å². The zero-order valence-corrected chi connectivity index (χ0v) is 15.6. The molecule has 0 saturated carbocycles. The van der Waals surface area contributed by atoms with Crippen LogP contribution in [-0.2, 0) is 6.67 Å². The number of fused-ring (bicyclic) bond motifs is 1. The van der Waals surface area contributed by atoms with Crippen molar-refractivity contribution in [2.24, 2.45) is 0 Å². The summed E-state index contributed by atoms with van der Waals surface area (Å²) in [5.74, 6) is 1.68. The van der Waals surface area contributed by atoms with Crippen LogP contribution in [0.2, 0.25) is 5.02 Å². The maximum atomic E-state index is 12.7. The van der Waals surface area contributed by atoms with Crippen molar-refractivity contribution >= 4 is 34.3 Å². The lowest BCUT2D eigenvalue weighted by molar-refractivity contribution is 0.485. The monoisotopic (exact) mass is 392 g/mol. The molecule has 0 fully saturated rings. The van der Waals surface area contributed by atoms with Crippen LogP contribution in [0.15, 0.2) is 48.7 Å². The number of hydrogen-bond donors (Lipinski definition) is 1. The molecule has 0 atom stereocenters. The highest BCUT2D eigenvalue weighted by Crippen LogP contribution is 2.24. The number of aryl methyl sites for hydroxylation is 1. The molecule has 0 aliphatic carbocycles. The topological polar surface area (TPSA) is 79.4 Å². The van der Waals surface area contributed by atoms with Crippen molar-refractivity contribution in [3.05, 3.63) is 70.6 Å². The largest absolute Gasteiger partial charge is 0.340 e. The SMILES string of the molecule is Cc1nc2ncc(Cl)cc2n1-c1cc(C#N)cc(Nc2ccc(CF)cc2)n1. The number of hydrogen-bond acceptors (Lipinski definition) is 5. The van der Waals surface area contributed by atoms with Gasteiger partial charge in [-0.2, -0.15) is 5.26 Å². The van der Waals surface area contributed by atoms with Gasteiger partial charge in [0.15, 0.2) is 5.65 Å². The second-order valence-electron chi connectivity index (χ2n) is 6.16. The standard InChI is InChI=1S/C20H14ClFN6/c1-12-25-20-17(8-15(21)11-24-20)28(12)19-7-14(10-23)6-18(27-19)26-16-4-2-13(9-22)3-5-16/h2-8,11H,9H2,1H3,(H,26,27). The predicted molar refractivity (Wildman–Crippen MR) is 106 cm³/mol. The molecular weight excluding hydrogens is 379 g/mol. The molecule has 0 aliphatic rings. The van der Waals surface area contributed by atoms with Crippen molar-refractivity contribution in [2.45, 2.75) is 13.6 Å². The smallest absolute Gasteiger partial charge is 0.178 e. The number of pyridine rings is 2. The lowest BCUT2D eigenvalue weighted by Crippen LogP contribution is -2.04. The van der Waals surface area contributed by atoms with E-state index in [1.807, 2.05) is 6.92 Å². The highest BCUT2D eigenvalue weighted by Gasteiger charge is 2.14. The minimum atomic E-state index is -0.518. The number of aromatic nitrogens is 4. The van der Waals surface area contributed by atoms with Gasteiger partial charge in [0, 0.05) is 11.9 Å². The zero-order valence-electron chi connectivity index (χ0n) is 14.8. The molecule has 8 heteroatoms. The van der Waals surface area contributed by atoms with Gasteiger partial charge >= 0.3 is 0 Å². The summed E-state index contributed by atoms with van der Waals surface area (Å²) in [6, 6.07) is 14.1. The van der Waals surface area contributed by atoms with E-state index in [-0.39, 0.29) is 0 Å². The van der Waals surface area contributed by atoms with Crippen molar-refractivity contribution in [3.8, 4) is 11.9 Å². The average molecular weight is 393 g/mol. The van der Waals surface area contributed by atoms with Crippen molar-refractivity contribution in [1.29, 1.82) is 5.26 Å². The van der Waals surface area contributed by atoms with E-state index in [2.05, 4.69) is 26.3 Å². The fraction of sp³-hybridized carbons (Fsp3) is 0.100. The second-order valence-corrected chi connectivity index (χ2v) is 6.59. The first-order chi connectivity index (χ1) is 13.6. The Labute approximate surface area is 165 Å². The third-order valence-corrected chi connectivity index (χ3v) is 4.40. The van der Waals surface area contributed by atoms with Gasteiger partial charge < -0.3 is 5.32 Å². The zero-order chi connectivity index (χ0) is 19.7. The van der Waals surface area contributed by atoms with E-state index in [4.69, 9.17) is 11.6 Å². The lowest BCUT2D eigenvalue weighted by atomic mass is 10.2. The van der Waals surface area contributed by atoms with E-state index >= 15 is 0 Å². The van der Waals surface area contributed by atoms with Gasteiger partial charge in [-0.3, -0.25) is 4.57 Å². The van der Waals surface area contributed by atoms with E-state index < -0.39 is 6.67 Å². The number of nitrogens with one attached hydrogen (secondary N) is 1. The molecule has 0 spiro atoms. The van der Waals surface area contributed by atoms with Gasteiger partial charge in [-0.25, -0.2) is 19.3 Å². The number of benzene rings is 1. The van der Waals surface area contributed by atoms with Crippen LogP contribution in [0.5, 0.6) is 0 Å². The van der Waals surface area contributed by atoms with Crippen molar-refractivity contribution in [2.75, 3.05) is 5.32 Å². The Morgan fingerprint density at radius 1 is 1.18 bits per heavy atom. The normalized spacial score (nSPS) is 10.8. The molecule has 138 valence electrons. The molecule has 3 aromatic heterocycles. The fourth-order valence-electron chi connectivity index (χ4n) is 2.92. The van der Waals surface area contributed by atoms with E-state index in [1.165, 1.54) is 6.20 Å². The molecule has 6 nitrogen and oxygen atoms in total. The average Bonchev–Trinajstić information content (AvgIpc) is 3.03. The number of nitriles is 1. The predicted octanol–water partition coefficient (Wildman–Crippen LogP) is 4.86. The van der Waals surface area contributed by atoms with Crippen molar-refractivity contribution in [3.63, 3.8) is 0 Å². The summed E-state index contributed by atoms with van der Waals surface area (Å²) in [6.07, 6.45) is 1.54. The molecule has 0 amide bonds. The van der Waals surface area contributed by atoms with Gasteiger partial charge in [0.2, 0.25) is 0 Å². The number of halogens is 2. The van der Waals surface area contributed by atoms with Gasteiger partial charge in [-0.1, -0.05) is 23.7 Å². The molecule has 28 heavy (non-hydrogen) atoms. The summed E-state index contributed by atoms with van der Waals surface area (Å²) in [5, 5.41) is 13.1. The Balaban J connectivity index is 1.80. The first-order valence-corrected chi connectivity index (χ1v) is 8.80. The summed E-state index contributed by atoms with van der Waals surface area (Å²) in [7, 11) is 0. The van der Waals surface area contributed by atoms with Crippen molar-refractivity contribution in [1.82, 2.24) is 19.5 Å². The molecular formula is C20H14ClFN6. The van der Waals surface area contributed by atoms with Gasteiger partial charge in [-0.05, 0) is 42.8 Å². The number of rotatable bonds is 4. The molecule has 0 aliphatic heterocycles. The third-order valence-electron chi connectivity index (χ3n) is 4.20. The van der Waals surface area contributed by atoms with Crippen LogP contribution in [0.4, 0.5) is 15.9 Å². The Morgan fingerprint density at radius 3 is 2.68 bits per heavy atom. The van der Waals surface area contributed by atoms with Crippen LogP contribution in [0.1, 0.15) is 17.0 Å². The minimum absolute atomic E-state index is 0.434. The third kappa shape index (κ3) is 3.38. The highest BCUT2D eigenvalue weighted by molar-refractivity contribution is 6.31.